The Morgan fingerprint density at radius 3 is 2.50 bits per heavy atom. The van der Waals surface area contributed by atoms with Gasteiger partial charge in [-0.05, 0) is 10.5 Å². The van der Waals surface area contributed by atoms with E-state index in [1.165, 1.54) is 4.57 Å². The summed E-state index contributed by atoms with van der Waals surface area (Å²) in [5.41, 5.74) is 1.78. The van der Waals surface area contributed by atoms with Gasteiger partial charge in [0.2, 0.25) is 0 Å². The van der Waals surface area contributed by atoms with Gasteiger partial charge in [0.15, 0.2) is 11.5 Å². The van der Waals surface area contributed by atoms with Crippen molar-refractivity contribution < 1.29 is 10.0 Å². The summed E-state index contributed by atoms with van der Waals surface area (Å²) in [5, 5.41) is 20.0. The third-order valence-electron chi connectivity index (χ3n) is 2.87. The molecule has 18 heavy (non-hydrogen) atoms. The zero-order chi connectivity index (χ0) is 13.3. The SMILES string of the molecule is Cc1nc(-c2ccc(CO)cc2)c([N+](=O)[O-])n1C. The molecule has 1 N–H and O–H groups in total. The lowest BCUT2D eigenvalue weighted by Gasteiger charge is -2.01. The first kappa shape index (κ1) is 12.3. The van der Waals surface area contributed by atoms with Crippen LogP contribution >= 0.6 is 0 Å². The maximum absolute atomic E-state index is 11.1. The van der Waals surface area contributed by atoms with E-state index in [4.69, 9.17) is 5.11 Å². The second-order valence-corrected chi connectivity index (χ2v) is 4.00. The van der Waals surface area contributed by atoms with Crippen molar-refractivity contribution in [2.24, 2.45) is 7.05 Å². The highest BCUT2D eigenvalue weighted by Crippen LogP contribution is 2.29. The van der Waals surface area contributed by atoms with E-state index in [1.54, 1.807) is 38.2 Å². The fourth-order valence-corrected chi connectivity index (χ4v) is 1.77. The first-order valence-corrected chi connectivity index (χ1v) is 5.42. The lowest BCUT2D eigenvalue weighted by Crippen LogP contribution is -1.99. The molecule has 6 nitrogen and oxygen atoms in total. The largest absolute Gasteiger partial charge is 0.392 e. The number of aliphatic hydroxyl groups excluding tert-OH is 1. The molecule has 0 unspecified atom stereocenters. The van der Waals surface area contributed by atoms with Gasteiger partial charge in [-0.1, -0.05) is 24.3 Å². The van der Waals surface area contributed by atoms with Gasteiger partial charge >= 0.3 is 5.82 Å². The average molecular weight is 247 g/mol. The summed E-state index contributed by atoms with van der Waals surface area (Å²) in [6, 6.07) is 6.90. The molecule has 2 aromatic rings. The van der Waals surface area contributed by atoms with E-state index in [1.807, 2.05) is 0 Å². The maximum Gasteiger partial charge on any atom is 0.350 e. The van der Waals surface area contributed by atoms with Gasteiger partial charge in [0.1, 0.15) is 0 Å². The van der Waals surface area contributed by atoms with Crippen molar-refractivity contribution in [1.29, 1.82) is 0 Å². The Balaban J connectivity index is 2.56. The summed E-state index contributed by atoms with van der Waals surface area (Å²) in [5.74, 6) is 0.562. The molecule has 0 amide bonds. The molecule has 0 aliphatic carbocycles. The first-order chi connectivity index (χ1) is 8.54. The number of imidazole rings is 1. The number of hydrogen-bond donors (Lipinski definition) is 1. The second kappa shape index (κ2) is 4.58. The van der Waals surface area contributed by atoms with E-state index in [0.29, 0.717) is 17.1 Å². The quantitative estimate of drug-likeness (QED) is 0.662. The molecule has 0 saturated heterocycles. The van der Waals surface area contributed by atoms with Crippen LogP contribution in [0.3, 0.4) is 0 Å². The molecule has 0 fully saturated rings. The number of aryl methyl sites for hydroxylation is 1. The summed E-state index contributed by atoms with van der Waals surface area (Å²) in [4.78, 5) is 14.8. The van der Waals surface area contributed by atoms with Gasteiger partial charge in [-0.2, -0.15) is 0 Å². The topological polar surface area (TPSA) is 81.2 Å². The number of rotatable bonds is 3. The van der Waals surface area contributed by atoms with Gasteiger partial charge < -0.3 is 15.2 Å². The molecular weight excluding hydrogens is 234 g/mol. The van der Waals surface area contributed by atoms with Crippen LogP contribution in [0.25, 0.3) is 11.3 Å². The number of benzene rings is 1. The van der Waals surface area contributed by atoms with Gasteiger partial charge in [0.05, 0.1) is 13.7 Å². The van der Waals surface area contributed by atoms with Crippen molar-refractivity contribution >= 4 is 5.82 Å². The third kappa shape index (κ3) is 1.98. The van der Waals surface area contributed by atoms with E-state index >= 15 is 0 Å². The Morgan fingerprint density at radius 1 is 1.39 bits per heavy atom. The van der Waals surface area contributed by atoms with Crippen molar-refractivity contribution in [2.45, 2.75) is 13.5 Å². The Kier molecular flexibility index (Phi) is 3.12. The Hall–Kier alpha value is -2.21. The summed E-state index contributed by atoms with van der Waals surface area (Å²) < 4.78 is 1.45. The van der Waals surface area contributed by atoms with E-state index in [0.717, 1.165) is 5.56 Å². The van der Waals surface area contributed by atoms with Crippen LogP contribution < -0.4 is 0 Å². The molecule has 1 aromatic heterocycles. The number of aliphatic hydroxyl groups is 1. The molecule has 0 spiro atoms. The highest BCUT2D eigenvalue weighted by atomic mass is 16.6. The second-order valence-electron chi connectivity index (χ2n) is 4.00. The summed E-state index contributed by atoms with van der Waals surface area (Å²) in [6.45, 7) is 1.67. The minimum Gasteiger partial charge on any atom is -0.392 e. The van der Waals surface area contributed by atoms with Gasteiger partial charge in [0, 0.05) is 12.5 Å². The molecule has 94 valence electrons. The third-order valence-corrected chi connectivity index (χ3v) is 2.87. The smallest absolute Gasteiger partial charge is 0.350 e. The number of hydrogen-bond acceptors (Lipinski definition) is 4. The van der Waals surface area contributed by atoms with Crippen molar-refractivity contribution in [3.63, 3.8) is 0 Å². The molecule has 0 bridgehead atoms. The normalized spacial score (nSPS) is 10.6. The molecule has 6 heteroatoms. The Morgan fingerprint density at radius 2 is 2.00 bits per heavy atom. The first-order valence-electron chi connectivity index (χ1n) is 5.42. The molecule has 0 aliphatic rings. The minimum absolute atomic E-state index is 0.0238. The number of nitrogens with zero attached hydrogens (tertiary/aromatic N) is 3. The van der Waals surface area contributed by atoms with Crippen LogP contribution in [-0.4, -0.2) is 19.6 Å². The van der Waals surface area contributed by atoms with Crippen molar-refractivity contribution in [3.05, 3.63) is 45.8 Å². The standard InChI is InChI=1S/C12H13N3O3/c1-8-13-11(12(14(8)2)15(17)18)10-5-3-9(7-16)4-6-10/h3-6,16H,7H2,1-2H3. The predicted octanol–water partition coefficient (Wildman–Crippen LogP) is 1.80. The molecule has 0 radical (unpaired) electrons. The van der Waals surface area contributed by atoms with Crippen LogP contribution in [0.1, 0.15) is 11.4 Å². The number of nitro groups is 1. The van der Waals surface area contributed by atoms with Crippen LogP contribution in [0.4, 0.5) is 5.82 Å². The molecule has 0 aliphatic heterocycles. The zero-order valence-corrected chi connectivity index (χ0v) is 10.1. The minimum atomic E-state index is -0.435. The van der Waals surface area contributed by atoms with Gasteiger partial charge in [-0.15, -0.1) is 0 Å². The van der Waals surface area contributed by atoms with Gasteiger partial charge in [-0.25, -0.2) is 9.55 Å². The van der Waals surface area contributed by atoms with Crippen molar-refractivity contribution in [3.8, 4) is 11.3 Å². The van der Waals surface area contributed by atoms with E-state index < -0.39 is 4.92 Å². The van der Waals surface area contributed by atoms with Crippen LogP contribution in [0.15, 0.2) is 24.3 Å². The van der Waals surface area contributed by atoms with Crippen LogP contribution in [0, 0.1) is 17.0 Å². The maximum atomic E-state index is 11.1. The van der Waals surface area contributed by atoms with Crippen molar-refractivity contribution in [2.75, 3.05) is 0 Å². The summed E-state index contributed by atoms with van der Waals surface area (Å²) in [7, 11) is 1.62. The molecular formula is C12H13N3O3. The predicted molar refractivity (Wildman–Crippen MR) is 66.0 cm³/mol. The monoisotopic (exact) mass is 247 g/mol. The van der Waals surface area contributed by atoms with E-state index in [9.17, 15) is 10.1 Å². The molecule has 1 heterocycles. The summed E-state index contributed by atoms with van der Waals surface area (Å²) >= 11 is 0. The fourth-order valence-electron chi connectivity index (χ4n) is 1.77. The van der Waals surface area contributed by atoms with Crippen LogP contribution in [0.5, 0.6) is 0 Å². The molecule has 2 rings (SSSR count). The van der Waals surface area contributed by atoms with Crippen LogP contribution in [0.2, 0.25) is 0 Å². The zero-order valence-electron chi connectivity index (χ0n) is 10.1. The van der Waals surface area contributed by atoms with Crippen molar-refractivity contribution in [1.82, 2.24) is 9.55 Å². The fraction of sp³-hybridized carbons (Fsp3) is 0.250. The van der Waals surface area contributed by atoms with Crippen LogP contribution in [-0.2, 0) is 13.7 Å². The summed E-state index contributed by atoms with van der Waals surface area (Å²) in [6.07, 6.45) is 0. The van der Waals surface area contributed by atoms with Gasteiger partial charge in [-0.3, -0.25) is 0 Å². The average Bonchev–Trinajstić information content (AvgIpc) is 2.66. The highest BCUT2D eigenvalue weighted by molar-refractivity contribution is 5.68. The molecule has 0 saturated carbocycles. The lowest BCUT2D eigenvalue weighted by atomic mass is 10.1. The van der Waals surface area contributed by atoms with E-state index in [2.05, 4.69) is 4.98 Å². The molecule has 1 aromatic carbocycles. The van der Waals surface area contributed by atoms with Gasteiger partial charge in [0.25, 0.3) is 0 Å². The Labute approximate surface area is 104 Å². The number of aromatic nitrogens is 2. The molecule has 0 atom stereocenters. The highest BCUT2D eigenvalue weighted by Gasteiger charge is 2.23. The van der Waals surface area contributed by atoms with E-state index in [-0.39, 0.29) is 12.4 Å². The Bertz CT molecular complexity index is 587. The lowest BCUT2D eigenvalue weighted by molar-refractivity contribution is -0.391.